The highest BCUT2D eigenvalue weighted by Gasteiger charge is 2.02. The van der Waals surface area contributed by atoms with Gasteiger partial charge in [0.1, 0.15) is 0 Å². The molecule has 0 heterocycles. The molecule has 2 amide bonds. The van der Waals surface area contributed by atoms with Gasteiger partial charge < -0.3 is 16.0 Å². The molecule has 0 aromatic heterocycles. The number of amides is 2. The smallest absolute Gasteiger partial charge is 0.239 e. The molecule has 0 aliphatic heterocycles. The van der Waals surface area contributed by atoms with Crippen LogP contribution in [0.3, 0.4) is 0 Å². The Morgan fingerprint density at radius 3 is 2.46 bits per heavy atom. The highest BCUT2D eigenvalue weighted by molar-refractivity contribution is 6.30. The van der Waals surface area contributed by atoms with Crippen LogP contribution in [0.25, 0.3) is 0 Å². The van der Waals surface area contributed by atoms with Gasteiger partial charge in [-0.25, -0.2) is 0 Å². The van der Waals surface area contributed by atoms with Crippen molar-refractivity contribution in [3.8, 4) is 0 Å². The number of anilines is 2. The minimum Gasteiger partial charge on any atom is -0.376 e. The Labute approximate surface area is 146 Å². The summed E-state index contributed by atoms with van der Waals surface area (Å²) >= 11 is 5.83. The number of carbonyl (C=O) groups is 2. The topological polar surface area (TPSA) is 70.2 Å². The normalized spacial score (nSPS) is 10.1. The summed E-state index contributed by atoms with van der Waals surface area (Å²) in [6.07, 6.45) is 0.751. The standard InChI is InChI=1S/C18H20ClN3O2/c1-13(23)22-17-4-2-3-16(11-17)21-12-18(24)20-10-9-14-5-7-15(19)8-6-14/h2-8,11,21H,9-10,12H2,1H3,(H,20,24)(H,22,23). The predicted molar refractivity (Wildman–Crippen MR) is 97.4 cm³/mol. The largest absolute Gasteiger partial charge is 0.376 e. The highest BCUT2D eigenvalue weighted by atomic mass is 35.5. The summed E-state index contributed by atoms with van der Waals surface area (Å²) in [4.78, 5) is 22.9. The van der Waals surface area contributed by atoms with E-state index in [9.17, 15) is 9.59 Å². The molecule has 2 aromatic rings. The summed E-state index contributed by atoms with van der Waals surface area (Å²) in [5.74, 6) is -0.221. The first-order chi connectivity index (χ1) is 11.5. The van der Waals surface area contributed by atoms with E-state index < -0.39 is 0 Å². The van der Waals surface area contributed by atoms with Crippen molar-refractivity contribution in [2.45, 2.75) is 13.3 Å². The van der Waals surface area contributed by atoms with Crippen LogP contribution in [0.2, 0.25) is 5.02 Å². The third-order valence-electron chi connectivity index (χ3n) is 3.29. The zero-order chi connectivity index (χ0) is 17.4. The molecule has 0 atom stereocenters. The molecule has 0 aliphatic carbocycles. The summed E-state index contributed by atoms with van der Waals surface area (Å²) in [7, 11) is 0. The van der Waals surface area contributed by atoms with E-state index in [4.69, 9.17) is 11.6 Å². The van der Waals surface area contributed by atoms with Gasteiger partial charge in [-0.3, -0.25) is 9.59 Å². The lowest BCUT2D eigenvalue weighted by Crippen LogP contribution is -2.31. The molecule has 0 fully saturated rings. The molecule has 0 spiro atoms. The number of benzene rings is 2. The van der Waals surface area contributed by atoms with Crippen LogP contribution in [0.5, 0.6) is 0 Å². The van der Waals surface area contributed by atoms with E-state index >= 15 is 0 Å². The molecule has 0 radical (unpaired) electrons. The van der Waals surface area contributed by atoms with Crippen molar-refractivity contribution in [3.05, 3.63) is 59.1 Å². The van der Waals surface area contributed by atoms with Crippen LogP contribution in [-0.4, -0.2) is 24.9 Å². The first-order valence-electron chi connectivity index (χ1n) is 7.65. The van der Waals surface area contributed by atoms with Gasteiger partial charge >= 0.3 is 0 Å². The van der Waals surface area contributed by atoms with Crippen molar-refractivity contribution in [2.75, 3.05) is 23.7 Å². The van der Waals surface area contributed by atoms with Gasteiger partial charge in [0.05, 0.1) is 6.54 Å². The van der Waals surface area contributed by atoms with Gasteiger partial charge in [0, 0.05) is 29.9 Å². The number of carbonyl (C=O) groups excluding carboxylic acids is 2. The van der Waals surface area contributed by atoms with Crippen LogP contribution < -0.4 is 16.0 Å². The van der Waals surface area contributed by atoms with Gasteiger partial charge in [-0.2, -0.15) is 0 Å². The lowest BCUT2D eigenvalue weighted by atomic mass is 10.1. The number of rotatable bonds is 7. The molecule has 0 unspecified atom stereocenters. The van der Waals surface area contributed by atoms with Gasteiger partial charge in [-0.05, 0) is 42.3 Å². The lowest BCUT2D eigenvalue weighted by Gasteiger charge is -2.09. The highest BCUT2D eigenvalue weighted by Crippen LogP contribution is 2.14. The summed E-state index contributed by atoms with van der Waals surface area (Å²) in [5, 5.41) is 9.29. The molecule has 5 nitrogen and oxygen atoms in total. The first kappa shape index (κ1) is 17.8. The van der Waals surface area contributed by atoms with E-state index in [0.717, 1.165) is 17.7 Å². The predicted octanol–water partition coefficient (Wildman–Crippen LogP) is 3.07. The van der Waals surface area contributed by atoms with Crippen molar-refractivity contribution < 1.29 is 9.59 Å². The van der Waals surface area contributed by atoms with Crippen LogP contribution in [0, 0.1) is 0 Å². The quantitative estimate of drug-likeness (QED) is 0.722. The van der Waals surface area contributed by atoms with Crippen LogP contribution >= 0.6 is 11.6 Å². The minimum absolute atomic E-state index is 0.0890. The monoisotopic (exact) mass is 345 g/mol. The lowest BCUT2D eigenvalue weighted by molar-refractivity contribution is -0.119. The number of halogens is 1. The van der Waals surface area contributed by atoms with E-state index in [1.54, 1.807) is 12.1 Å². The fraction of sp³-hybridized carbons (Fsp3) is 0.222. The fourth-order valence-corrected chi connectivity index (χ4v) is 2.28. The van der Waals surface area contributed by atoms with Crippen molar-refractivity contribution in [1.29, 1.82) is 0 Å². The Kier molecular flexibility index (Phi) is 6.63. The molecule has 0 saturated heterocycles. The van der Waals surface area contributed by atoms with E-state index in [0.29, 0.717) is 17.3 Å². The van der Waals surface area contributed by atoms with Crippen LogP contribution in [0.15, 0.2) is 48.5 Å². The first-order valence-corrected chi connectivity index (χ1v) is 8.03. The molecule has 0 bridgehead atoms. The second-order valence-electron chi connectivity index (χ2n) is 5.34. The van der Waals surface area contributed by atoms with Crippen molar-refractivity contribution in [1.82, 2.24) is 5.32 Å². The van der Waals surface area contributed by atoms with Gasteiger partial charge in [-0.1, -0.05) is 29.8 Å². The Hall–Kier alpha value is -2.53. The molecule has 3 N–H and O–H groups in total. The SMILES string of the molecule is CC(=O)Nc1cccc(NCC(=O)NCCc2ccc(Cl)cc2)c1. The van der Waals surface area contributed by atoms with Crippen LogP contribution in [-0.2, 0) is 16.0 Å². The Balaban J connectivity index is 1.73. The van der Waals surface area contributed by atoms with E-state index in [-0.39, 0.29) is 18.4 Å². The number of hydrogen-bond donors (Lipinski definition) is 3. The minimum atomic E-state index is -0.132. The van der Waals surface area contributed by atoms with Crippen molar-refractivity contribution in [3.63, 3.8) is 0 Å². The zero-order valence-corrected chi connectivity index (χ0v) is 14.2. The second kappa shape index (κ2) is 8.93. The number of hydrogen-bond acceptors (Lipinski definition) is 3. The molecule has 126 valence electrons. The van der Waals surface area contributed by atoms with E-state index in [1.807, 2.05) is 36.4 Å². The van der Waals surface area contributed by atoms with Crippen LogP contribution in [0.4, 0.5) is 11.4 Å². The Morgan fingerprint density at radius 2 is 1.75 bits per heavy atom. The van der Waals surface area contributed by atoms with Gasteiger partial charge in [0.25, 0.3) is 0 Å². The summed E-state index contributed by atoms with van der Waals surface area (Å²) < 4.78 is 0. The van der Waals surface area contributed by atoms with Gasteiger partial charge in [0.15, 0.2) is 0 Å². The summed E-state index contributed by atoms with van der Waals surface area (Å²) in [5.41, 5.74) is 2.58. The zero-order valence-electron chi connectivity index (χ0n) is 13.4. The van der Waals surface area contributed by atoms with Crippen molar-refractivity contribution >= 4 is 34.8 Å². The Morgan fingerprint density at radius 1 is 1.04 bits per heavy atom. The average Bonchev–Trinajstić information content (AvgIpc) is 2.54. The van der Waals surface area contributed by atoms with E-state index in [2.05, 4.69) is 16.0 Å². The molecular weight excluding hydrogens is 326 g/mol. The Bertz CT molecular complexity index is 702. The third kappa shape index (κ3) is 6.30. The van der Waals surface area contributed by atoms with E-state index in [1.165, 1.54) is 6.92 Å². The average molecular weight is 346 g/mol. The molecule has 6 heteroatoms. The third-order valence-corrected chi connectivity index (χ3v) is 3.54. The second-order valence-corrected chi connectivity index (χ2v) is 5.78. The maximum absolute atomic E-state index is 11.9. The molecule has 0 aliphatic rings. The fourth-order valence-electron chi connectivity index (χ4n) is 2.15. The summed E-state index contributed by atoms with van der Waals surface area (Å²) in [6, 6.07) is 14.8. The molecular formula is C18H20ClN3O2. The van der Waals surface area contributed by atoms with Gasteiger partial charge in [0.2, 0.25) is 11.8 Å². The maximum Gasteiger partial charge on any atom is 0.239 e. The molecule has 0 saturated carbocycles. The number of nitrogens with one attached hydrogen (secondary N) is 3. The molecule has 24 heavy (non-hydrogen) atoms. The van der Waals surface area contributed by atoms with Crippen molar-refractivity contribution in [2.24, 2.45) is 0 Å². The molecule has 2 aromatic carbocycles. The molecule has 2 rings (SSSR count). The van der Waals surface area contributed by atoms with Crippen LogP contribution in [0.1, 0.15) is 12.5 Å². The van der Waals surface area contributed by atoms with Gasteiger partial charge in [-0.15, -0.1) is 0 Å². The summed E-state index contributed by atoms with van der Waals surface area (Å²) in [6.45, 7) is 2.19. The maximum atomic E-state index is 11.9.